The summed E-state index contributed by atoms with van der Waals surface area (Å²) in [7, 11) is 0. The van der Waals surface area contributed by atoms with Crippen molar-refractivity contribution < 1.29 is 44.9 Å². The van der Waals surface area contributed by atoms with Gasteiger partial charge in [-0.15, -0.1) is 0 Å². The lowest BCUT2D eigenvalue weighted by Crippen LogP contribution is -2.59. The molecule has 0 bridgehead atoms. The van der Waals surface area contributed by atoms with Crippen molar-refractivity contribution in [3.63, 3.8) is 0 Å². The fraction of sp³-hybridized carbons (Fsp3) is 0.737. The summed E-state index contributed by atoms with van der Waals surface area (Å²) in [4.78, 5) is 11.8. The van der Waals surface area contributed by atoms with E-state index in [0.29, 0.717) is 0 Å². The molecule has 1 saturated heterocycles. The van der Waals surface area contributed by atoms with Crippen LogP contribution in [0.5, 0.6) is 0 Å². The van der Waals surface area contributed by atoms with Crippen LogP contribution in [-0.2, 0) is 14.3 Å². The van der Waals surface area contributed by atoms with Crippen molar-refractivity contribution >= 4 is 5.78 Å². The first kappa shape index (κ1) is 23.1. The first-order chi connectivity index (χ1) is 13.0. The van der Waals surface area contributed by atoms with Gasteiger partial charge in [0.1, 0.15) is 30.0 Å². The smallest absolute Gasteiger partial charge is 0.187 e. The maximum atomic E-state index is 11.8. The summed E-state index contributed by atoms with van der Waals surface area (Å²) in [6.07, 6.45) is -3.43. The van der Waals surface area contributed by atoms with Gasteiger partial charge in [-0.1, -0.05) is 19.9 Å². The Morgan fingerprint density at radius 3 is 2.46 bits per heavy atom. The van der Waals surface area contributed by atoms with E-state index in [9.17, 15) is 35.4 Å². The minimum atomic E-state index is -1.58. The fourth-order valence-electron chi connectivity index (χ4n) is 3.57. The number of aliphatic hydroxyl groups is 6. The summed E-state index contributed by atoms with van der Waals surface area (Å²) in [6.45, 7) is 3.96. The van der Waals surface area contributed by atoms with Crippen LogP contribution in [0.4, 0.5) is 0 Å². The molecule has 2 rings (SSSR count). The highest BCUT2D eigenvalue weighted by molar-refractivity contribution is 5.93. The van der Waals surface area contributed by atoms with E-state index in [-0.39, 0.29) is 17.8 Å². The molecule has 0 amide bonds. The molecule has 6 N–H and O–H groups in total. The van der Waals surface area contributed by atoms with Crippen molar-refractivity contribution in [1.82, 2.24) is 0 Å². The molecule has 0 aromatic carbocycles. The Balaban J connectivity index is 2.15. The minimum absolute atomic E-state index is 0.0965. The van der Waals surface area contributed by atoms with Crippen LogP contribution in [0.15, 0.2) is 23.8 Å². The highest BCUT2D eigenvalue weighted by Crippen LogP contribution is 2.44. The van der Waals surface area contributed by atoms with Crippen molar-refractivity contribution in [2.45, 2.75) is 69.6 Å². The first-order valence-electron chi connectivity index (χ1n) is 9.19. The number of ketones is 1. The number of hydrogen-bond acceptors (Lipinski definition) is 9. The summed E-state index contributed by atoms with van der Waals surface area (Å²) in [5, 5.41) is 59.6. The average Bonchev–Trinajstić information content (AvgIpc) is 2.63. The summed E-state index contributed by atoms with van der Waals surface area (Å²) in [5.41, 5.74) is -2.27. The molecule has 1 aliphatic heterocycles. The van der Waals surface area contributed by atoms with E-state index in [4.69, 9.17) is 9.47 Å². The second-order valence-corrected chi connectivity index (χ2v) is 8.02. The van der Waals surface area contributed by atoms with Crippen molar-refractivity contribution in [3.05, 3.63) is 23.8 Å². The monoisotopic (exact) mass is 402 g/mol. The van der Waals surface area contributed by atoms with Crippen LogP contribution >= 0.6 is 0 Å². The number of carbonyl (C=O) groups excluding carboxylic acids is 1. The third-order valence-corrected chi connectivity index (χ3v) is 5.45. The lowest BCUT2D eigenvalue weighted by Gasteiger charge is -2.44. The molecule has 160 valence electrons. The van der Waals surface area contributed by atoms with E-state index in [1.165, 1.54) is 18.2 Å². The number of aliphatic hydroxyl groups excluding tert-OH is 5. The van der Waals surface area contributed by atoms with Gasteiger partial charge in [0.2, 0.25) is 0 Å². The van der Waals surface area contributed by atoms with Gasteiger partial charge in [0.05, 0.1) is 19.3 Å². The normalized spacial score (nSPS) is 39.8. The molecule has 9 heteroatoms. The van der Waals surface area contributed by atoms with E-state index in [2.05, 4.69) is 0 Å². The Morgan fingerprint density at radius 2 is 1.89 bits per heavy atom. The van der Waals surface area contributed by atoms with E-state index < -0.39 is 61.0 Å². The van der Waals surface area contributed by atoms with E-state index in [0.717, 1.165) is 0 Å². The van der Waals surface area contributed by atoms with E-state index >= 15 is 0 Å². The molecule has 0 unspecified atom stereocenters. The largest absolute Gasteiger partial charge is 0.394 e. The molecule has 9 nitrogen and oxygen atoms in total. The lowest BCUT2D eigenvalue weighted by atomic mass is 9.64. The molecule has 0 aromatic heterocycles. The van der Waals surface area contributed by atoms with Gasteiger partial charge < -0.3 is 40.1 Å². The van der Waals surface area contributed by atoms with Crippen LogP contribution in [0.1, 0.15) is 27.2 Å². The zero-order valence-electron chi connectivity index (χ0n) is 16.2. The SMILES string of the molecule is C[C@@H](/C=C/[C@@]1(O)C(CO)=CC(=O)CC1(C)C)O[C@@H]1O[C@H](CO)[C@@H](O)[C@@H](O)[C@H]1O. The predicted octanol–water partition coefficient (Wildman–Crippen LogP) is -1.60. The minimum Gasteiger partial charge on any atom is -0.394 e. The number of ether oxygens (including phenoxy) is 2. The molecule has 0 aromatic rings. The molecule has 0 saturated carbocycles. The highest BCUT2D eigenvalue weighted by atomic mass is 16.7. The van der Waals surface area contributed by atoms with Crippen molar-refractivity contribution in [2.24, 2.45) is 5.41 Å². The molecular weight excluding hydrogens is 372 g/mol. The van der Waals surface area contributed by atoms with Crippen molar-refractivity contribution in [1.29, 1.82) is 0 Å². The predicted molar refractivity (Wildman–Crippen MR) is 97.0 cm³/mol. The van der Waals surface area contributed by atoms with Crippen LogP contribution in [-0.4, -0.2) is 92.0 Å². The van der Waals surface area contributed by atoms with Crippen molar-refractivity contribution in [3.8, 4) is 0 Å². The highest BCUT2D eigenvalue weighted by Gasteiger charge is 2.48. The number of carbonyl (C=O) groups is 1. The van der Waals surface area contributed by atoms with Crippen LogP contribution in [0.2, 0.25) is 0 Å². The first-order valence-corrected chi connectivity index (χ1v) is 9.19. The Hall–Kier alpha value is -1.17. The van der Waals surface area contributed by atoms with Crippen LogP contribution in [0.3, 0.4) is 0 Å². The van der Waals surface area contributed by atoms with Gasteiger partial charge in [-0.25, -0.2) is 0 Å². The molecule has 7 atom stereocenters. The summed E-state index contributed by atoms with van der Waals surface area (Å²) in [5.74, 6) is -0.183. The van der Waals surface area contributed by atoms with Gasteiger partial charge in [-0.05, 0) is 24.6 Å². The second-order valence-electron chi connectivity index (χ2n) is 8.02. The average molecular weight is 402 g/mol. The number of hydrogen-bond donors (Lipinski definition) is 6. The lowest BCUT2D eigenvalue weighted by molar-refractivity contribution is -0.306. The zero-order chi connectivity index (χ0) is 21.3. The molecule has 28 heavy (non-hydrogen) atoms. The van der Waals surface area contributed by atoms with Gasteiger partial charge in [0.25, 0.3) is 0 Å². The maximum absolute atomic E-state index is 11.8. The van der Waals surface area contributed by atoms with Crippen LogP contribution < -0.4 is 0 Å². The fourth-order valence-corrected chi connectivity index (χ4v) is 3.57. The van der Waals surface area contributed by atoms with Gasteiger partial charge >= 0.3 is 0 Å². The van der Waals surface area contributed by atoms with Gasteiger partial charge in [-0.2, -0.15) is 0 Å². The van der Waals surface area contributed by atoms with E-state index in [1.54, 1.807) is 20.8 Å². The van der Waals surface area contributed by atoms with Gasteiger partial charge in [-0.3, -0.25) is 4.79 Å². The molecule has 0 spiro atoms. The molecular formula is C19H30O9. The Kier molecular flexibility index (Phi) is 7.17. The van der Waals surface area contributed by atoms with Crippen LogP contribution in [0.25, 0.3) is 0 Å². The standard InChI is InChI=1S/C19H30O9/c1-10(27-17-16(25)15(24)14(23)13(9-21)28-17)4-5-19(26)11(8-20)6-12(22)7-18(19,2)3/h4-6,10,13-17,20-21,23-26H,7-9H2,1-3H3/b5-4+/t10-,13+,14+,15+,16+,17+,19+/m0/s1. The summed E-state index contributed by atoms with van der Waals surface area (Å²) >= 11 is 0. The zero-order valence-corrected chi connectivity index (χ0v) is 16.2. The summed E-state index contributed by atoms with van der Waals surface area (Å²) in [6, 6.07) is 0. The quantitative estimate of drug-likeness (QED) is 0.288. The second kappa shape index (κ2) is 8.68. The van der Waals surface area contributed by atoms with Gasteiger partial charge in [0, 0.05) is 11.8 Å². The molecule has 2 aliphatic rings. The third kappa shape index (κ3) is 4.37. The molecule has 1 fully saturated rings. The maximum Gasteiger partial charge on any atom is 0.187 e. The molecule has 1 aliphatic carbocycles. The Bertz CT molecular complexity index is 627. The topological polar surface area (TPSA) is 157 Å². The van der Waals surface area contributed by atoms with Crippen molar-refractivity contribution in [2.75, 3.05) is 13.2 Å². The Morgan fingerprint density at radius 1 is 1.25 bits per heavy atom. The van der Waals surface area contributed by atoms with Crippen LogP contribution in [0, 0.1) is 5.41 Å². The van der Waals surface area contributed by atoms with Gasteiger partial charge in [0.15, 0.2) is 12.1 Å². The number of rotatable bonds is 6. The molecule has 1 heterocycles. The third-order valence-electron chi connectivity index (χ3n) is 5.45. The number of allylic oxidation sites excluding steroid dienone is 1. The Labute approximate surface area is 163 Å². The molecule has 0 radical (unpaired) electrons. The van der Waals surface area contributed by atoms with E-state index in [1.807, 2.05) is 0 Å². The summed E-state index contributed by atoms with van der Waals surface area (Å²) < 4.78 is 10.8.